The van der Waals surface area contributed by atoms with E-state index in [1.807, 2.05) is 25.1 Å². The maximum absolute atomic E-state index is 5.43. The molecule has 2 aromatic carbocycles. The molecule has 2 N–H and O–H groups in total. The van der Waals surface area contributed by atoms with Gasteiger partial charge in [0, 0.05) is 42.8 Å². The number of ether oxygens (including phenoxy) is 2. The highest BCUT2D eigenvalue weighted by Crippen LogP contribution is 2.21. The summed E-state index contributed by atoms with van der Waals surface area (Å²) >= 11 is 0. The molecule has 0 aliphatic carbocycles. The molecule has 0 saturated carbocycles. The number of nitrogens with one attached hydrogen (secondary N) is 2. The summed E-state index contributed by atoms with van der Waals surface area (Å²) in [5, 5.41) is 6.72. The van der Waals surface area contributed by atoms with Gasteiger partial charge in [-0.25, -0.2) is 4.98 Å². The number of hydrogen-bond acceptors (Lipinski definition) is 7. The zero-order chi connectivity index (χ0) is 21.5. The van der Waals surface area contributed by atoms with E-state index in [2.05, 4.69) is 61.9 Å². The van der Waals surface area contributed by atoms with Crippen LogP contribution in [0.15, 0.2) is 54.6 Å². The average Bonchev–Trinajstić information content (AvgIpc) is 2.80. The van der Waals surface area contributed by atoms with Gasteiger partial charge < -0.3 is 25.0 Å². The van der Waals surface area contributed by atoms with Crippen molar-refractivity contribution in [1.29, 1.82) is 0 Å². The first-order valence-electron chi connectivity index (χ1n) is 10.6. The van der Waals surface area contributed by atoms with Gasteiger partial charge in [0.25, 0.3) is 0 Å². The number of morpholine rings is 1. The number of aryl methyl sites for hydroxylation is 1. The largest absolute Gasteiger partial charge is 0.497 e. The predicted octanol–water partition coefficient (Wildman–Crippen LogP) is 4.03. The lowest BCUT2D eigenvalue weighted by atomic mass is 10.1. The van der Waals surface area contributed by atoms with Gasteiger partial charge >= 0.3 is 0 Å². The lowest BCUT2D eigenvalue weighted by Gasteiger charge is -2.28. The van der Waals surface area contributed by atoms with Crippen LogP contribution in [0.5, 0.6) is 5.75 Å². The van der Waals surface area contributed by atoms with Gasteiger partial charge in [0.1, 0.15) is 11.6 Å². The fourth-order valence-electron chi connectivity index (χ4n) is 3.55. The van der Waals surface area contributed by atoms with Crippen LogP contribution in [0.1, 0.15) is 11.3 Å². The Hall–Kier alpha value is -3.32. The second kappa shape index (κ2) is 10.1. The molecule has 1 saturated heterocycles. The Bertz CT molecular complexity index is 970. The molecule has 3 aromatic rings. The van der Waals surface area contributed by atoms with Crippen LogP contribution in [-0.2, 0) is 11.2 Å². The van der Waals surface area contributed by atoms with Crippen LogP contribution in [0.2, 0.25) is 0 Å². The molecule has 7 heteroatoms. The fourth-order valence-corrected chi connectivity index (χ4v) is 3.55. The predicted molar refractivity (Wildman–Crippen MR) is 125 cm³/mol. The molecule has 0 bridgehead atoms. The summed E-state index contributed by atoms with van der Waals surface area (Å²) in [4.78, 5) is 11.5. The highest BCUT2D eigenvalue weighted by Gasteiger charge is 2.11. The maximum atomic E-state index is 5.43. The van der Waals surface area contributed by atoms with Crippen molar-refractivity contribution >= 4 is 23.1 Å². The van der Waals surface area contributed by atoms with Crippen LogP contribution in [0.3, 0.4) is 0 Å². The van der Waals surface area contributed by atoms with Crippen molar-refractivity contribution in [2.24, 2.45) is 0 Å². The lowest BCUT2D eigenvalue weighted by Crippen LogP contribution is -2.36. The molecule has 1 aliphatic rings. The van der Waals surface area contributed by atoms with Crippen molar-refractivity contribution in [3.63, 3.8) is 0 Å². The van der Waals surface area contributed by atoms with Crippen LogP contribution in [0, 0.1) is 6.92 Å². The molecular weight excluding hydrogens is 390 g/mol. The van der Waals surface area contributed by atoms with E-state index in [4.69, 9.17) is 9.47 Å². The Balaban J connectivity index is 1.34. The van der Waals surface area contributed by atoms with Crippen LogP contribution in [-0.4, -0.2) is 49.9 Å². The highest BCUT2D eigenvalue weighted by molar-refractivity contribution is 5.60. The van der Waals surface area contributed by atoms with Crippen molar-refractivity contribution in [3.8, 4) is 5.75 Å². The van der Waals surface area contributed by atoms with E-state index in [1.54, 1.807) is 7.11 Å². The van der Waals surface area contributed by atoms with Gasteiger partial charge in [0.2, 0.25) is 5.95 Å². The number of hydrogen-bond donors (Lipinski definition) is 2. The Morgan fingerprint density at radius 1 is 1.00 bits per heavy atom. The van der Waals surface area contributed by atoms with Crippen molar-refractivity contribution in [2.75, 3.05) is 55.5 Å². The van der Waals surface area contributed by atoms with E-state index < -0.39 is 0 Å². The smallest absolute Gasteiger partial charge is 0.229 e. The molecule has 1 aromatic heterocycles. The number of rotatable bonds is 8. The number of aromatic nitrogens is 2. The third-order valence-corrected chi connectivity index (χ3v) is 5.23. The van der Waals surface area contributed by atoms with Gasteiger partial charge in [0.15, 0.2) is 0 Å². The van der Waals surface area contributed by atoms with Crippen LogP contribution < -0.4 is 20.3 Å². The highest BCUT2D eigenvalue weighted by atomic mass is 16.5. The average molecular weight is 420 g/mol. The molecule has 2 heterocycles. The zero-order valence-electron chi connectivity index (χ0n) is 18.1. The van der Waals surface area contributed by atoms with Crippen molar-refractivity contribution in [3.05, 3.63) is 65.9 Å². The number of anilines is 4. The van der Waals surface area contributed by atoms with Crippen LogP contribution >= 0.6 is 0 Å². The summed E-state index contributed by atoms with van der Waals surface area (Å²) in [6.45, 7) is 6.19. The van der Waals surface area contributed by atoms with Gasteiger partial charge in [0.05, 0.1) is 20.3 Å². The lowest BCUT2D eigenvalue weighted by molar-refractivity contribution is 0.122. The maximum Gasteiger partial charge on any atom is 0.229 e. The standard InChI is InChI=1S/C24H29N5O2/c1-18-17-23(25-12-11-19-3-9-22(30-2)10-4-19)28-24(26-18)27-20-5-7-21(8-6-20)29-13-15-31-16-14-29/h3-10,17H,11-16H2,1-2H3,(H2,25,26,27,28). The summed E-state index contributed by atoms with van der Waals surface area (Å²) < 4.78 is 10.6. The number of methoxy groups -OCH3 is 1. The summed E-state index contributed by atoms with van der Waals surface area (Å²) in [6.07, 6.45) is 0.902. The fraction of sp³-hybridized carbons (Fsp3) is 0.333. The minimum atomic E-state index is 0.589. The molecule has 7 nitrogen and oxygen atoms in total. The summed E-state index contributed by atoms with van der Waals surface area (Å²) in [5.74, 6) is 2.27. The summed E-state index contributed by atoms with van der Waals surface area (Å²) in [7, 11) is 1.68. The molecule has 0 spiro atoms. The first-order valence-corrected chi connectivity index (χ1v) is 10.6. The van der Waals surface area contributed by atoms with Crippen molar-refractivity contribution < 1.29 is 9.47 Å². The molecule has 162 valence electrons. The van der Waals surface area contributed by atoms with Gasteiger partial charge in [-0.3, -0.25) is 0 Å². The van der Waals surface area contributed by atoms with Crippen molar-refractivity contribution in [2.45, 2.75) is 13.3 Å². The quantitative estimate of drug-likeness (QED) is 0.571. The SMILES string of the molecule is COc1ccc(CCNc2cc(C)nc(Nc3ccc(N4CCOCC4)cc3)n2)cc1. The second-order valence-corrected chi connectivity index (χ2v) is 7.51. The minimum Gasteiger partial charge on any atom is -0.497 e. The van der Waals surface area contributed by atoms with E-state index >= 15 is 0 Å². The number of nitrogens with zero attached hydrogens (tertiary/aromatic N) is 3. The Morgan fingerprint density at radius 3 is 2.45 bits per heavy atom. The molecule has 0 amide bonds. The molecule has 1 fully saturated rings. The molecular formula is C24H29N5O2. The molecule has 4 rings (SSSR count). The summed E-state index contributed by atoms with van der Waals surface area (Å²) in [6, 6.07) is 18.5. The first kappa shape index (κ1) is 20.9. The van der Waals surface area contributed by atoms with Crippen molar-refractivity contribution in [1.82, 2.24) is 9.97 Å². The Morgan fingerprint density at radius 2 is 1.74 bits per heavy atom. The molecule has 0 atom stereocenters. The van der Waals surface area contributed by atoms with Crippen LogP contribution in [0.4, 0.5) is 23.1 Å². The third kappa shape index (κ3) is 5.86. The van der Waals surface area contributed by atoms with E-state index in [0.29, 0.717) is 5.95 Å². The molecule has 0 unspecified atom stereocenters. The van der Waals surface area contributed by atoms with Gasteiger partial charge in [-0.05, 0) is 55.3 Å². The minimum absolute atomic E-state index is 0.589. The Labute approximate surface area is 183 Å². The third-order valence-electron chi connectivity index (χ3n) is 5.23. The second-order valence-electron chi connectivity index (χ2n) is 7.51. The Kier molecular flexibility index (Phi) is 6.84. The molecule has 0 radical (unpaired) electrons. The van der Waals surface area contributed by atoms with E-state index in [1.165, 1.54) is 11.3 Å². The van der Waals surface area contributed by atoms with E-state index in [-0.39, 0.29) is 0 Å². The van der Waals surface area contributed by atoms with E-state index in [9.17, 15) is 0 Å². The topological polar surface area (TPSA) is 71.5 Å². The van der Waals surface area contributed by atoms with Crippen LogP contribution in [0.25, 0.3) is 0 Å². The van der Waals surface area contributed by atoms with Gasteiger partial charge in [-0.1, -0.05) is 12.1 Å². The summed E-state index contributed by atoms with van der Waals surface area (Å²) in [5.41, 5.74) is 4.33. The monoisotopic (exact) mass is 419 g/mol. The van der Waals surface area contributed by atoms with E-state index in [0.717, 1.165) is 62.2 Å². The first-order chi connectivity index (χ1) is 15.2. The molecule has 31 heavy (non-hydrogen) atoms. The molecule has 1 aliphatic heterocycles. The zero-order valence-corrected chi connectivity index (χ0v) is 18.1. The van der Waals surface area contributed by atoms with Gasteiger partial charge in [-0.2, -0.15) is 4.98 Å². The number of benzene rings is 2. The normalized spacial score (nSPS) is 13.7. The van der Waals surface area contributed by atoms with Gasteiger partial charge in [-0.15, -0.1) is 0 Å².